The van der Waals surface area contributed by atoms with Crippen LogP contribution in [0, 0.1) is 12.7 Å². The van der Waals surface area contributed by atoms with Crippen molar-refractivity contribution in [3.63, 3.8) is 0 Å². The summed E-state index contributed by atoms with van der Waals surface area (Å²) in [7, 11) is 0. The van der Waals surface area contributed by atoms with Crippen molar-refractivity contribution in [3.05, 3.63) is 67.9 Å². The summed E-state index contributed by atoms with van der Waals surface area (Å²) in [5.74, 6) is -0.256. The molecule has 0 saturated heterocycles. The first-order valence-electron chi connectivity index (χ1n) is 5.93. The Bertz CT molecular complexity index is 599. The summed E-state index contributed by atoms with van der Waals surface area (Å²) in [6.07, 6.45) is 0.668. The molecule has 2 N–H and O–H groups in total. The average molecular weight is 387 g/mol. The van der Waals surface area contributed by atoms with Crippen LogP contribution in [-0.2, 0) is 6.42 Å². The zero-order valence-electron chi connectivity index (χ0n) is 10.5. The van der Waals surface area contributed by atoms with Crippen LogP contribution in [0.15, 0.2) is 45.3 Å². The van der Waals surface area contributed by atoms with Crippen molar-refractivity contribution in [1.82, 2.24) is 0 Å². The molecule has 0 aliphatic rings. The first-order chi connectivity index (χ1) is 8.99. The van der Waals surface area contributed by atoms with E-state index >= 15 is 0 Å². The van der Waals surface area contributed by atoms with Gasteiger partial charge in [0.25, 0.3) is 0 Å². The minimum absolute atomic E-state index is 0.119. The smallest absolute Gasteiger partial charge is 0.137 e. The molecule has 0 spiro atoms. The number of benzene rings is 2. The summed E-state index contributed by atoms with van der Waals surface area (Å²) in [6, 6.07) is 10.9. The molecule has 2 aromatic rings. The molecule has 0 radical (unpaired) electrons. The zero-order valence-corrected chi connectivity index (χ0v) is 13.6. The van der Waals surface area contributed by atoms with E-state index in [1.54, 1.807) is 12.1 Å². The van der Waals surface area contributed by atoms with Crippen LogP contribution in [-0.4, -0.2) is 0 Å². The van der Waals surface area contributed by atoms with Crippen molar-refractivity contribution in [3.8, 4) is 0 Å². The molecule has 0 fully saturated rings. The fourth-order valence-corrected chi connectivity index (χ4v) is 2.97. The Morgan fingerprint density at radius 1 is 1.21 bits per heavy atom. The van der Waals surface area contributed by atoms with Gasteiger partial charge in [-0.25, -0.2) is 4.39 Å². The molecule has 1 unspecified atom stereocenters. The van der Waals surface area contributed by atoms with E-state index < -0.39 is 0 Å². The molecule has 0 aromatic heterocycles. The molecular formula is C15H14Br2FN. The molecule has 19 heavy (non-hydrogen) atoms. The van der Waals surface area contributed by atoms with Gasteiger partial charge >= 0.3 is 0 Å². The van der Waals surface area contributed by atoms with Crippen molar-refractivity contribution in [1.29, 1.82) is 0 Å². The van der Waals surface area contributed by atoms with Crippen LogP contribution in [0.2, 0.25) is 0 Å². The topological polar surface area (TPSA) is 26.0 Å². The number of hydrogen-bond acceptors (Lipinski definition) is 1. The second kappa shape index (κ2) is 6.16. The van der Waals surface area contributed by atoms with Crippen molar-refractivity contribution < 1.29 is 4.39 Å². The Morgan fingerprint density at radius 2 is 1.95 bits per heavy atom. The Balaban J connectivity index is 2.23. The number of halogens is 3. The number of rotatable bonds is 3. The van der Waals surface area contributed by atoms with E-state index in [2.05, 4.69) is 31.9 Å². The van der Waals surface area contributed by atoms with Gasteiger partial charge in [0.1, 0.15) is 5.82 Å². The molecule has 0 saturated carbocycles. The molecular weight excluding hydrogens is 373 g/mol. The first kappa shape index (κ1) is 14.7. The van der Waals surface area contributed by atoms with E-state index in [9.17, 15) is 4.39 Å². The molecule has 100 valence electrons. The van der Waals surface area contributed by atoms with Crippen molar-refractivity contribution in [2.45, 2.75) is 19.4 Å². The zero-order chi connectivity index (χ0) is 14.0. The molecule has 4 heteroatoms. The van der Waals surface area contributed by atoms with Gasteiger partial charge in [-0.05, 0) is 58.1 Å². The van der Waals surface area contributed by atoms with E-state index in [1.165, 1.54) is 6.07 Å². The highest BCUT2D eigenvalue weighted by molar-refractivity contribution is 9.10. The van der Waals surface area contributed by atoms with E-state index in [-0.39, 0.29) is 11.9 Å². The van der Waals surface area contributed by atoms with Gasteiger partial charge in [0, 0.05) is 10.5 Å². The molecule has 0 bridgehead atoms. The normalized spacial score (nSPS) is 12.5. The largest absolute Gasteiger partial charge is 0.324 e. The highest BCUT2D eigenvalue weighted by atomic mass is 79.9. The SMILES string of the molecule is Cc1cccc(C(N)Cc2ccc(F)c(Br)c2)c1Br. The fourth-order valence-electron chi connectivity index (χ4n) is 1.99. The van der Waals surface area contributed by atoms with Gasteiger partial charge in [0.05, 0.1) is 4.47 Å². The van der Waals surface area contributed by atoms with Crippen molar-refractivity contribution in [2.75, 3.05) is 0 Å². The maximum atomic E-state index is 13.2. The van der Waals surface area contributed by atoms with E-state index in [0.29, 0.717) is 10.9 Å². The van der Waals surface area contributed by atoms with Crippen molar-refractivity contribution in [2.24, 2.45) is 5.73 Å². The van der Waals surface area contributed by atoms with Crippen molar-refractivity contribution >= 4 is 31.9 Å². The predicted octanol–water partition coefficient (Wildman–Crippen LogP) is 4.90. The lowest BCUT2D eigenvalue weighted by atomic mass is 9.98. The van der Waals surface area contributed by atoms with Gasteiger partial charge in [0.15, 0.2) is 0 Å². The summed E-state index contributed by atoms with van der Waals surface area (Å²) < 4.78 is 14.7. The fraction of sp³-hybridized carbons (Fsp3) is 0.200. The Morgan fingerprint density at radius 3 is 2.63 bits per heavy atom. The third-order valence-corrected chi connectivity index (χ3v) is 4.75. The Hall–Kier alpha value is -0.710. The van der Waals surface area contributed by atoms with Crippen LogP contribution in [0.5, 0.6) is 0 Å². The quantitative estimate of drug-likeness (QED) is 0.797. The highest BCUT2D eigenvalue weighted by Crippen LogP contribution is 2.28. The average Bonchev–Trinajstić information content (AvgIpc) is 2.37. The monoisotopic (exact) mass is 385 g/mol. The molecule has 2 aromatic carbocycles. The molecule has 2 rings (SSSR count). The van der Waals surface area contributed by atoms with Crippen LogP contribution in [0.1, 0.15) is 22.7 Å². The summed E-state index contributed by atoms with van der Waals surface area (Å²) >= 11 is 6.76. The third-order valence-electron chi connectivity index (χ3n) is 3.06. The van der Waals surface area contributed by atoms with Crippen LogP contribution >= 0.6 is 31.9 Å². The second-order valence-corrected chi connectivity index (χ2v) is 6.18. The lowest BCUT2D eigenvalue weighted by Gasteiger charge is -2.15. The van der Waals surface area contributed by atoms with Crippen LogP contribution in [0.3, 0.4) is 0 Å². The van der Waals surface area contributed by atoms with E-state index in [0.717, 1.165) is 21.2 Å². The lowest BCUT2D eigenvalue weighted by Crippen LogP contribution is -2.14. The van der Waals surface area contributed by atoms with Crippen LogP contribution in [0.25, 0.3) is 0 Å². The molecule has 0 aliphatic carbocycles. The lowest BCUT2D eigenvalue weighted by molar-refractivity contribution is 0.618. The summed E-state index contributed by atoms with van der Waals surface area (Å²) in [4.78, 5) is 0. The number of aryl methyl sites for hydroxylation is 1. The van der Waals surface area contributed by atoms with Crippen LogP contribution in [0.4, 0.5) is 4.39 Å². The maximum Gasteiger partial charge on any atom is 0.137 e. The third kappa shape index (κ3) is 3.44. The summed E-state index contributed by atoms with van der Waals surface area (Å²) in [6.45, 7) is 2.04. The van der Waals surface area contributed by atoms with Gasteiger partial charge in [-0.2, -0.15) is 0 Å². The summed E-state index contributed by atoms with van der Waals surface area (Å²) in [5, 5.41) is 0. The predicted molar refractivity (Wildman–Crippen MR) is 83.6 cm³/mol. The first-order valence-corrected chi connectivity index (χ1v) is 7.52. The number of hydrogen-bond donors (Lipinski definition) is 1. The minimum atomic E-state index is -0.256. The summed E-state index contributed by atoms with van der Waals surface area (Å²) in [5.41, 5.74) is 9.48. The second-order valence-electron chi connectivity index (χ2n) is 4.54. The molecule has 1 atom stereocenters. The van der Waals surface area contributed by atoms with E-state index in [1.807, 2.05) is 25.1 Å². The van der Waals surface area contributed by atoms with Gasteiger partial charge in [-0.3, -0.25) is 0 Å². The van der Waals surface area contributed by atoms with Gasteiger partial charge in [-0.1, -0.05) is 40.2 Å². The molecule has 0 aliphatic heterocycles. The highest BCUT2D eigenvalue weighted by Gasteiger charge is 2.12. The van der Waals surface area contributed by atoms with Gasteiger partial charge in [0.2, 0.25) is 0 Å². The molecule has 0 heterocycles. The Kier molecular flexibility index (Phi) is 4.76. The van der Waals surface area contributed by atoms with Crippen LogP contribution < -0.4 is 5.73 Å². The molecule has 1 nitrogen and oxygen atoms in total. The van der Waals surface area contributed by atoms with Gasteiger partial charge in [-0.15, -0.1) is 0 Å². The van der Waals surface area contributed by atoms with E-state index in [4.69, 9.17) is 5.73 Å². The standard InChI is InChI=1S/C15H14Br2FN/c1-9-3-2-4-11(15(9)17)14(19)8-10-5-6-13(18)12(16)7-10/h2-7,14H,8,19H2,1H3. The number of nitrogens with two attached hydrogens (primary N) is 1. The minimum Gasteiger partial charge on any atom is -0.324 e. The maximum absolute atomic E-state index is 13.2. The van der Waals surface area contributed by atoms with Gasteiger partial charge < -0.3 is 5.73 Å². The molecule has 0 amide bonds. The Labute approximate surface area is 129 Å².